The summed E-state index contributed by atoms with van der Waals surface area (Å²) < 4.78 is 11.7. The first-order chi connectivity index (χ1) is 11.5. The van der Waals surface area contributed by atoms with Gasteiger partial charge in [-0.05, 0) is 42.5 Å². The Hall–Kier alpha value is -3.15. The van der Waals surface area contributed by atoms with Gasteiger partial charge in [0.05, 0.1) is 18.0 Å². The molecule has 0 radical (unpaired) electrons. The molecule has 0 atom stereocenters. The monoisotopic (exact) mass is 324 g/mol. The number of esters is 1. The van der Waals surface area contributed by atoms with Crippen molar-refractivity contribution in [3.05, 3.63) is 52.8 Å². The zero-order valence-electron chi connectivity index (χ0n) is 13.6. The lowest BCUT2D eigenvalue weighted by Gasteiger charge is -2.10. The van der Waals surface area contributed by atoms with Crippen LogP contribution in [0.3, 0.4) is 0 Å². The molecule has 0 N–H and O–H groups in total. The predicted molar refractivity (Wildman–Crippen MR) is 90.3 cm³/mol. The Balaban J connectivity index is 2.11. The molecule has 3 aromatic rings. The SMILES string of the molecule is COc1ccc2nc(-c3ccc(OC(C)=O)cc3)n(C)c(=O)c2c1. The van der Waals surface area contributed by atoms with Gasteiger partial charge in [0, 0.05) is 19.5 Å². The highest BCUT2D eigenvalue weighted by Crippen LogP contribution is 2.23. The van der Waals surface area contributed by atoms with Crippen LogP contribution < -0.4 is 15.0 Å². The van der Waals surface area contributed by atoms with E-state index in [4.69, 9.17) is 9.47 Å². The standard InChI is InChI=1S/C18H16N2O4/c1-11(21)24-13-6-4-12(5-7-13)17-19-16-9-8-14(23-3)10-15(16)18(22)20(17)2/h4-10H,1-3H3. The zero-order valence-corrected chi connectivity index (χ0v) is 13.6. The first-order valence-corrected chi connectivity index (χ1v) is 7.33. The minimum absolute atomic E-state index is 0.155. The number of carbonyl (C=O) groups is 1. The van der Waals surface area contributed by atoms with Gasteiger partial charge in [0.1, 0.15) is 17.3 Å². The van der Waals surface area contributed by atoms with Crippen LogP contribution in [0.25, 0.3) is 22.3 Å². The number of carbonyl (C=O) groups excluding carboxylic acids is 1. The Morgan fingerprint density at radius 1 is 1.08 bits per heavy atom. The van der Waals surface area contributed by atoms with E-state index in [1.165, 1.54) is 11.5 Å². The van der Waals surface area contributed by atoms with E-state index in [1.807, 2.05) is 0 Å². The lowest BCUT2D eigenvalue weighted by atomic mass is 10.1. The zero-order chi connectivity index (χ0) is 17.3. The summed E-state index contributed by atoms with van der Waals surface area (Å²) in [6, 6.07) is 12.1. The van der Waals surface area contributed by atoms with Crippen LogP contribution in [0, 0.1) is 0 Å². The third kappa shape index (κ3) is 2.86. The summed E-state index contributed by atoms with van der Waals surface area (Å²) in [6.45, 7) is 1.34. The highest BCUT2D eigenvalue weighted by Gasteiger charge is 2.11. The van der Waals surface area contributed by atoms with E-state index < -0.39 is 0 Å². The van der Waals surface area contributed by atoms with Crippen LogP contribution in [0.5, 0.6) is 11.5 Å². The number of ether oxygens (including phenoxy) is 2. The van der Waals surface area contributed by atoms with Gasteiger partial charge in [-0.25, -0.2) is 4.98 Å². The van der Waals surface area contributed by atoms with Crippen LogP contribution >= 0.6 is 0 Å². The van der Waals surface area contributed by atoms with Gasteiger partial charge in [0.15, 0.2) is 0 Å². The molecular formula is C18H16N2O4. The van der Waals surface area contributed by atoms with Gasteiger partial charge in [-0.2, -0.15) is 0 Å². The van der Waals surface area contributed by atoms with Gasteiger partial charge in [-0.1, -0.05) is 0 Å². The second-order valence-electron chi connectivity index (χ2n) is 5.30. The molecule has 0 fully saturated rings. The van der Waals surface area contributed by atoms with E-state index in [2.05, 4.69) is 4.98 Å². The van der Waals surface area contributed by atoms with Gasteiger partial charge in [-0.3, -0.25) is 14.2 Å². The van der Waals surface area contributed by atoms with Gasteiger partial charge in [-0.15, -0.1) is 0 Å². The molecule has 0 saturated carbocycles. The molecule has 1 heterocycles. The minimum atomic E-state index is -0.382. The average Bonchev–Trinajstić information content (AvgIpc) is 2.58. The topological polar surface area (TPSA) is 70.4 Å². The summed E-state index contributed by atoms with van der Waals surface area (Å²) in [5.74, 6) is 1.21. The number of methoxy groups -OCH3 is 1. The van der Waals surface area contributed by atoms with E-state index in [1.54, 1.807) is 56.6 Å². The molecule has 24 heavy (non-hydrogen) atoms. The van der Waals surface area contributed by atoms with Crippen molar-refractivity contribution in [2.45, 2.75) is 6.92 Å². The fraction of sp³-hybridized carbons (Fsp3) is 0.167. The Labute approximate surface area is 138 Å². The van der Waals surface area contributed by atoms with Crippen molar-refractivity contribution in [1.29, 1.82) is 0 Å². The van der Waals surface area contributed by atoms with Crippen molar-refractivity contribution in [1.82, 2.24) is 9.55 Å². The van der Waals surface area contributed by atoms with Crippen LogP contribution in [0.15, 0.2) is 47.3 Å². The maximum absolute atomic E-state index is 12.6. The van der Waals surface area contributed by atoms with Crippen molar-refractivity contribution in [2.24, 2.45) is 7.05 Å². The Morgan fingerprint density at radius 3 is 2.38 bits per heavy atom. The third-order valence-corrected chi connectivity index (χ3v) is 3.66. The average molecular weight is 324 g/mol. The van der Waals surface area contributed by atoms with E-state index >= 15 is 0 Å². The van der Waals surface area contributed by atoms with Gasteiger partial charge in [0.25, 0.3) is 5.56 Å². The Morgan fingerprint density at radius 2 is 1.75 bits per heavy atom. The summed E-state index contributed by atoms with van der Waals surface area (Å²) in [5.41, 5.74) is 1.19. The molecule has 0 bridgehead atoms. The van der Waals surface area contributed by atoms with Crippen molar-refractivity contribution >= 4 is 16.9 Å². The van der Waals surface area contributed by atoms with Gasteiger partial charge >= 0.3 is 5.97 Å². The van der Waals surface area contributed by atoms with Crippen LogP contribution in [-0.4, -0.2) is 22.6 Å². The number of hydrogen-bond acceptors (Lipinski definition) is 5. The van der Waals surface area contributed by atoms with Crippen LogP contribution in [0.4, 0.5) is 0 Å². The number of nitrogens with zero attached hydrogens (tertiary/aromatic N) is 2. The molecule has 0 aliphatic rings. The summed E-state index contributed by atoms with van der Waals surface area (Å²) in [7, 11) is 3.22. The largest absolute Gasteiger partial charge is 0.497 e. The maximum Gasteiger partial charge on any atom is 0.308 e. The lowest BCUT2D eigenvalue weighted by Crippen LogP contribution is -2.20. The molecule has 3 rings (SSSR count). The molecule has 2 aromatic carbocycles. The summed E-state index contributed by atoms with van der Waals surface area (Å²) >= 11 is 0. The number of hydrogen-bond donors (Lipinski definition) is 0. The smallest absolute Gasteiger partial charge is 0.308 e. The quantitative estimate of drug-likeness (QED) is 0.547. The fourth-order valence-electron chi connectivity index (χ4n) is 2.47. The number of aromatic nitrogens is 2. The van der Waals surface area contributed by atoms with Crippen molar-refractivity contribution in [2.75, 3.05) is 7.11 Å². The fourth-order valence-corrected chi connectivity index (χ4v) is 2.47. The number of benzene rings is 2. The summed E-state index contributed by atoms with van der Waals surface area (Å²) in [6.07, 6.45) is 0. The van der Waals surface area contributed by atoms with Gasteiger partial charge in [0.2, 0.25) is 0 Å². The van der Waals surface area contributed by atoms with Crippen molar-refractivity contribution in [3.8, 4) is 22.9 Å². The lowest BCUT2D eigenvalue weighted by molar-refractivity contribution is -0.131. The van der Waals surface area contributed by atoms with Crippen LogP contribution in [0.1, 0.15) is 6.92 Å². The Bertz CT molecular complexity index is 975. The molecule has 1 aromatic heterocycles. The molecule has 6 heteroatoms. The van der Waals surface area contributed by atoms with E-state index in [9.17, 15) is 9.59 Å². The van der Waals surface area contributed by atoms with Crippen molar-refractivity contribution in [3.63, 3.8) is 0 Å². The third-order valence-electron chi connectivity index (χ3n) is 3.66. The van der Waals surface area contributed by atoms with E-state index in [0.29, 0.717) is 28.2 Å². The van der Waals surface area contributed by atoms with E-state index in [0.717, 1.165) is 5.56 Å². The van der Waals surface area contributed by atoms with Gasteiger partial charge < -0.3 is 9.47 Å². The molecule has 0 aliphatic heterocycles. The highest BCUT2D eigenvalue weighted by molar-refractivity contribution is 5.81. The van der Waals surface area contributed by atoms with Crippen LogP contribution in [0.2, 0.25) is 0 Å². The minimum Gasteiger partial charge on any atom is -0.497 e. The molecule has 0 saturated heterocycles. The Kier molecular flexibility index (Phi) is 4.04. The molecule has 0 amide bonds. The number of fused-ring (bicyclic) bond motifs is 1. The highest BCUT2D eigenvalue weighted by atomic mass is 16.5. The molecule has 122 valence electrons. The molecule has 0 spiro atoms. The van der Waals surface area contributed by atoms with Crippen LogP contribution in [-0.2, 0) is 11.8 Å². The summed E-state index contributed by atoms with van der Waals surface area (Å²) in [5, 5.41) is 0.497. The first kappa shape index (κ1) is 15.7. The van der Waals surface area contributed by atoms with Crippen molar-refractivity contribution < 1.29 is 14.3 Å². The molecule has 0 aliphatic carbocycles. The molecule has 0 unspecified atom stereocenters. The first-order valence-electron chi connectivity index (χ1n) is 7.33. The number of rotatable bonds is 3. The predicted octanol–water partition coefficient (Wildman–Crippen LogP) is 2.53. The van der Waals surface area contributed by atoms with E-state index in [-0.39, 0.29) is 11.5 Å². The second kappa shape index (κ2) is 6.16. The maximum atomic E-state index is 12.6. The summed E-state index contributed by atoms with van der Waals surface area (Å²) in [4.78, 5) is 28.1. The molecular weight excluding hydrogens is 308 g/mol. The molecule has 6 nitrogen and oxygen atoms in total. The normalized spacial score (nSPS) is 10.6. The second-order valence-corrected chi connectivity index (χ2v) is 5.30.